The minimum atomic E-state index is 0.0562. The number of hydrogen-bond acceptors (Lipinski definition) is 4. The number of piperidine rings is 1. The van der Waals surface area contributed by atoms with E-state index in [1.54, 1.807) is 0 Å². The second-order valence-corrected chi connectivity index (χ2v) is 8.34. The van der Waals surface area contributed by atoms with Gasteiger partial charge < -0.3 is 4.74 Å². The lowest BCUT2D eigenvalue weighted by Crippen LogP contribution is -2.44. The summed E-state index contributed by atoms with van der Waals surface area (Å²) in [5.41, 5.74) is 3.39. The Balaban J connectivity index is 1.29. The van der Waals surface area contributed by atoms with Crippen molar-refractivity contribution in [2.24, 2.45) is 0 Å². The van der Waals surface area contributed by atoms with Crippen molar-refractivity contribution in [2.75, 3.05) is 26.7 Å². The summed E-state index contributed by atoms with van der Waals surface area (Å²) in [6, 6.07) is 21.4. The summed E-state index contributed by atoms with van der Waals surface area (Å²) in [5, 5.41) is 9.09. The Morgan fingerprint density at radius 3 is 2.61 bits per heavy atom. The SMILES string of the molecule is CN(Cc1ccccc1)C1COC2(CCN(Cc3cccc(C#N)c3)CC2)C1. The van der Waals surface area contributed by atoms with Gasteiger partial charge >= 0.3 is 0 Å². The van der Waals surface area contributed by atoms with Crippen LogP contribution in [-0.2, 0) is 17.8 Å². The van der Waals surface area contributed by atoms with Gasteiger partial charge in [-0.1, -0.05) is 42.5 Å². The van der Waals surface area contributed by atoms with Crippen molar-refractivity contribution in [2.45, 2.75) is 44.0 Å². The van der Waals surface area contributed by atoms with Crippen LogP contribution in [0.2, 0.25) is 0 Å². The molecule has 1 atom stereocenters. The molecular formula is C24H29N3O. The Morgan fingerprint density at radius 2 is 1.86 bits per heavy atom. The van der Waals surface area contributed by atoms with Crippen molar-refractivity contribution in [3.8, 4) is 6.07 Å². The van der Waals surface area contributed by atoms with E-state index in [4.69, 9.17) is 10.00 Å². The van der Waals surface area contributed by atoms with E-state index in [0.29, 0.717) is 6.04 Å². The molecule has 28 heavy (non-hydrogen) atoms. The molecule has 4 heteroatoms. The highest BCUT2D eigenvalue weighted by atomic mass is 16.5. The Bertz CT molecular complexity index is 821. The van der Waals surface area contributed by atoms with Crippen LogP contribution in [0.15, 0.2) is 54.6 Å². The van der Waals surface area contributed by atoms with Gasteiger partial charge in [0.05, 0.1) is 23.8 Å². The molecule has 2 aliphatic rings. The molecule has 2 aliphatic heterocycles. The maximum absolute atomic E-state index is 9.09. The fourth-order valence-corrected chi connectivity index (χ4v) is 4.57. The fourth-order valence-electron chi connectivity index (χ4n) is 4.57. The molecule has 4 nitrogen and oxygen atoms in total. The first kappa shape index (κ1) is 19.1. The average Bonchev–Trinajstić information content (AvgIpc) is 3.15. The molecule has 2 fully saturated rings. The molecule has 1 spiro atoms. The molecule has 0 amide bonds. The Morgan fingerprint density at radius 1 is 1.11 bits per heavy atom. The highest BCUT2D eigenvalue weighted by Crippen LogP contribution is 2.38. The van der Waals surface area contributed by atoms with Crippen LogP contribution < -0.4 is 0 Å². The van der Waals surface area contributed by atoms with Crippen LogP contribution in [0.25, 0.3) is 0 Å². The Hall–Kier alpha value is -2.19. The normalized spacial score (nSPS) is 21.8. The zero-order valence-corrected chi connectivity index (χ0v) is 16.7. The van der Waals surface area contributed by atoms with Crippen LogP contribution in [0.5, 0.6) is 0 Å². The van der Waals surface area contributed by atoms with Crippen LogP contribution >= 0.6 is 0 Å². The quantitative estimate of drug-likeness (QED) is 0.797. The topological polar surface area (TPSA) is 39.5 Å². The standard InChI is InChI=1S/C24H29N3O/c1-26(17-20-6-3-2-4-7-20)23-15-24(28-19-23)10-12-27(13-11-24)18-22-9-5-8-21(14-22)16-25/h2-9,14,23H,10-13,15,17-19H2,1H3. The van der Waals surface area contributed by atoms with Gasteiger partial charge in [0.15, 0.2) is 0 Å². The van der Waals surface area contributed by atoms with Gasteiger partial charge in [0.2, 0.25) is 0 Å². The fraction of sp³-hybridized carbons (Fsp3) is 0.458. The Kier molecular flexibility index (Phi) is 5.77. The molecule has 4 rings (SSSR count). The van der Waals surface area contributed by atoms with Gasteiger partial charge in [-0.15, -0.1) is 0 Å². The lowest BCUT2D eigenvalue weighted by molar-refractivity contribution is -0.0452. The molecule has 2 saturated heterocycles. The molecule has 0 N–H and O–H groups in total. The summed E-state index contributed by atoms with van der Waals surface area (Å²) in [5.74, 6) is 0. The molecule has 0 radical (unpaired) electrons. The smallest absolute Gasteiger partial charge is 0.0991 e. The van der Waals surface area contributed by atoms with Gasteiger partial charge in [-0.25, -0.2) is 0 Å². The van der Waals surface area contributed by atoms with Crippen LogP contribution in [0.3, 0.4) is 0 Å². The molecule has 2 aromatic carbocycles. The summed E-state index contributed by atoms with van der Waals surface area (Å²) >= 11 is 0. The third-order valence-electron chi connectivity index (χ3n) is 6.32. The van der Waals surface area contributed by atoms with E-state index in [9.17, 15) is 0 Å². The monoisotopic (exact) mass is 375 g/mol. The first-order valence-electron chi connectivity index (χ1n) is 10.3. The second-order valence-electron chi connectivity index (χ2n) is 8.34. The van der Waals surface area contributed by atoms with E-state index in [-0.39, 0.29) is 5.60 Å². The number of ether oxygens (including phenoxy) is 1. The number of hydrogen-bond donors (Lipinski definition) is 0. The lowest BCUT2D eigenvalue weighted by atomic mass is 9.87. The van der Waals surface area contributed by atoms with Gasteiger partial charge in [0.25, 0.3) is 0 Å². The first-order valence-corrected chi connectivity index (χ1v) is 10.3. The van der Waals surface area contributed by atoms with Gasteiger partial charge in [0.1, 0.15) is 0 Å². The summed E-state index contributed by atoms with van der Waals surface area (Å²) < 4.78 is 6.38. The molecule has 1 unspecified atom stereocenters. The van der Waals surface area contributed by atoms with Crippen LogP contribution in [0.4, 0.5) is 0 Å². The minimum absolute atomic E-state index is 0.0562. The van der Waals surface area contributed by atoms with Crippen molar-refractivity contribution in [1.29, 1.82) is 5.26 Å². The van der Waals surface area contributed by atoms with E-state index in [1.807, 2.05) is 18.2 Å². The second kappa shape index (κ2) is 8.45. The van der Waals surface area contributed by atoms with Crippen LogP contribution in [0, 0.1) is 11.3 Å². The predicted molar refractivity (Wildman–Crippen MR) is 111 cm³/mol. The largest absolute Gasteiger partial charge is 0.373 e. The zero-order valence-electron chi connectivity index (χ0n) is 16.7. The van der Waals surface area contributed by atoms with Gasteiger partial charge in [-0.2, -0.15) is 5.26 Å². The number of likely N-dealkylation sites (N-methyl/N-ethyl adjacent to an activating group) is 1. The number of likely N-dealkylation sites (tertiary alicyclic amines) is 1. The summed E-state index contributed by atoms with van der Waals surface area (Å²) in [7, 11) is 2.22. The highest BCUT2D eigenvalue weighted by Gasteiger charge is 2.43. The summed E-state index contributed by atoms with van der Waals surface area (Å²) in [4.78, 5) is 4.94. The predicted octanol–water partition coefficient (Wildman–Crippen LogP) is 3.81. The molecule has 0 aromatic heterocycles. The van der Waals surface area contributed by atoms with Crippen molar-refractivity contribution in [1.82, 2.24) is 9.80 Å². The maximum Gasteiger partial charge on any atom is 0.0991 e. The molecule has 146 valence electrons. The average molecular weight is 376 g/mol. The molecule has 0 bridgehead atoms. The molecular weight excluding hydrogens is 346 g/mol. The van der Waals surface area contributed by atoms with Crippen molar-refractivity contribution >= 4 is 0 Å². The summed E-state index contributed by atoms with van der Waals surface area (Å²) in [6.45, 7) is 4.86. The van der Waals surface area contributed by atoms with Crippen LogP contribution in [0.1, 0.15) is 36.0 Å². The summed E-state index contributed by atoms with van der Waals surface area (Å²) in [6.07, 6.45) is 3.33. The van der Waals surface area contributed by atoms with Crippen molar-refractivity contribution < 1.29 is 4.74 Å². The third-order valence-corrected chi connectivity index (χ3v) is 6.32. The number of rotatable bonds is 5. The van der Waals surface area contributed by atoms with E-state index in [1.165, 1.54) is 11.1 Å². The van der Waals surface area contributed by atoms with Gasteiger partial charge in [-0.3, -0.25) is 9.80 Å². The highest BCUT2D eigenvalue weighted by molar-refractivity contribution is 5.32. The number of benzene rings is 2. The van der Waals surface area contributed by atoms with E-state index < -0.39 is 0 Å². The molecule has 2 aromatic rings. The van der Waals surface area contributed by atoms with E-state index in [2.05, 4.69) is 59.3 Å². The maximum atomic E-state index is 9.09. The van der Waals surface area contributed by atoms with Crippen molar-refractivity contribution in [3.05, 3.63) is 71.3 Å². The van der Waals surface area contributed by atoms with E-state index >= 15 is 0 Å². The Labute approximate surface area is 168 Å². The minimum Gasteiger partial charge on any atom is -0.373 e. The first-order chi connectivity index (χ1) is 13.7. The zero-order chi connectivity index (χ0) is 19.4. The van der Waals surface area contributed by atoms with Gasteiger partial charge in [0, 0.05) is 32.2 Å². The third kappa shape index (κ3) is 4.44. The molecule has 2 heterocycles. The molecule has 0 aliphatic carbocycles. The number of nitrogens with zero attached hydrogens (tertiary/aromatic N) is 3. The van der Waals surface area contributed by atoms with E-state index in [0.717, 1.165) is 57.6 Å². The van der Waals surface area contributed by atoms with Crippen molar-refractivity contribution in [3.63, 3.8) is 0 Å². The van der Waals surface area contributed by atoms with Gasteiger partial charge in [-0.05, 0) is 49.6 Å². The van der Waals surface area contributed by atoms with Crippen LogP contribution in [-0.4, -0.2) is 48.2 Å². The molecule has 0 saturated carbocycles. The number of nitriles is 1. The lowest BCUT2D eigenvalue weighted by Gasteiger charge is -2.39.